The van der Waals surface area contributed by atoms with E-state index in [-0.39, 0.29) is 24.1 Å². The summed E-state index contributed by atoms with van der Waals surface area (Å²) < 4.78 is 41.1. The molecule has 0 aliphatic carbocycles. The maximum atomic E-state index is 12.9. The number of amides is 2. The van der Waals surface area contributed by atoms with E-state index in [4.69, 9.17) is 9.26 Å². The number of urea groups is 1. The van der Waals surface area contributed by atoms with E-state index in [1.165, 1.54) is 25.2 Å². The molecule has 0 fully saturated rings. The monoisotopic (exact) mass is 470 g/mol. The smallest absolute Gasteiger partial charge is 0.387 e. The molecule has 1 aliphatic heterocycles. The second-order valence-electron chi connectivity index (χ2n) is 7.69. The Kier molecular flexibility index (Phi) is 6.49. The molecule has 2 heterocycles. The van der Waals surface area contributed by atoms with E-state index in [0.717, 1.165) is 22.4 Å². The van der Waals surface area contributed by atoms with Crippen LogP contribution < -0.4 is 14.8 Å². The number of rotatable bonds is 5. The molecule has 10 heteroatoms. The molecule has 0 atom stereocenters. The zero-order valence-corrected chi connectivity index (χ0v) is 19.2. The molecule has 1 aliphatic rings. The van der Waals surface area contributed by atoms with Gasteiger partial charge in [-0.15, -0.1) is 0 Å². The first-order valence-corrected chi connectivity index (χ1v) is 10.6. The molecule has 0 bridgehead atoms. The van der Waals surface area contributed by atoms with Crippen molar-refractivity contribution in [3.05, 3.63) is 64.5 Å². The highest BCUT2D eigenvalue weighted by Crippen LogP contribution is 2.35. The Bertz CT molecular complexity index is 1220. The quantitative estimate of drug-likeness (QED) is 0.592. The molecular weight excluding hydrogens is 446 g/mol. The van der Waals surface area contributed by atoms with Gasteiger partial charge >= 0.3 is 12.6 Å². The summed E-state index contributed by atoms with van der Waals surface area (Å²) in [4.78, 5) is 12.4. The number of ether oxygens (including phenoxy) is 2. The van der Waals surface area contributed by atoms with E-state index in [1.807, 2.05) is 38.1 Å². The van der Waals surface area contributed by atoms with Gasteiger partial charge in [-0.25, -0.2) is 9.80 Å². The van der Waals surface area contributed by atoms with Gasteiger partial charge < -0.3 is 19.3 Å². The first-order chi connectivity index (χ1) is 16.3. The highest BCUT2D eigenvalue weighted by atomic mass is 19.3. The van der Waals surface area contributed by atoms with Crippen molar-refractivity contribution in [3.63, 3.8) is 0 Å². The van der Waals surface area contributed by atoms with Crippen LogP contribution in [0.5, 0.6) is 11.5 Å². The van der Waals surface area contributed by atoms with Crippen LogP contribution in [0.15, 0.2) is 46.0 Å². The van der Waals surface area contributed by atoms with E-state index in [9.17, 15) is 13.6 Å². The fourth-order valence-electron chi connectivity index (χ4n) is 4.01. The summed E-state index contributed by atoms with van der Waals surface area (Å²) in [5.74, 6) is 0.787. The fourth-order valence-corrected chi connectivity index (χ4v) is 4.01. The number of nitrogens with one attached hydrogen (secondary N) is 1. The Morgan fingerprint density at radius 1 is 1.15 bits per heavy atom. The number of alkyl halides is 2. The van der Waals surface area contributed by atoms with E-state index in [0.29, 0.717) is 29.0 Å². The predicted octanol–water partition coefficient (Wildman–Crippen LogP) is 4.52. The number of fused-ring (bicyclic) bond motifs is 1. The van der Waals surface area contributed by atoms with Crippen LogP contribution in [0.3, 0.4) is 0 Å². The number of methoxy groups -OCH3 is 1. The van der Waals surface area contributed by atoms with E-state index >= 15 is 0 Å². The molecule has 0 saturated carbocycles. The molecule has 0 saturated heterocycles. The van der Waals surface area contributed by atoms with Gasteiger partial charge in [-0.3, -0.25) is 0 Å². The standard InChI is InChI=1S/C24H24F2N4O4/c1-13-21(14(2)34-29-13)15-5-7-16(8-6-15)22-18-12-19(32-4)20(33-23(25)26)11-17(18)9-10-30(28-22)24(31)27-3/h5-8,11-12,23H,9-10H2,1-4H3,(H,27,31). The van der Waals surface area contributed by atoms with E-state index in [2.05, 4.69) is 20.3 Å². The van der Waals surface area contributed by atoms with Gasteiger partial charge in [0.2, 0.25) is 0 Å². The average Bonchev–Trinajstić information content (AvgIpc) is 3.05. The van der Waals surface area contributed by atoms with Crippen LogP contribution in [-0.4, -0.2) is 49.2 Å². The lowest BCUT2D eigenvalue weighted by Crippen LogP contribution is -2.35. The number of hydrazone groups is 1. The Morgan fingerprint density at radius 3 is 2.44 bits per heavy atom. The molecule has 34 heavy (non-hydrogen) atoms. The number of carbonyl (C=O) groups excluding carboxylic acids is 1. The zero-order valence-electron chi connectivity index (χ0n) is 19.2. The van der Waals surface area contributed by atoms with Crippen LogP contribution in [-0.2, 0) is 6.42 Å². The van der Waals surface area contributed by atoms with Crippen molar-refractivity contribution < 1.29 is 27.6 Å². The molecule has 1 aromatic heterocycles. The largest absolute Gasteiger partial charge is 0.493 e. The molecular formula is C24H24F2N4O4. The van der Waals surface area contributed by atoms with Crippen LogP contribution in [0.4, 0.5) is 13.6 Å². The molecule has 0 unspecified atom stereocenters. The number of aromatic nitrogens is 1. The van der Waals surface area contributed by atoms with Crippen LogP contribution >= 0.6 is 0 Å². The maximum absolute atomic E-state index is 12.9. The van der Waals surface area contributed by atoms with Gasteiger partial charge in [-0.2, -0.15) is 13.9 Å². The number of aryl methyl sites for hydroxylation is 2. The normalized spacial score (nSPS) is 13.3. The van der Waals surface area contributed by atoms with Crippen molar-refractivity contribution in [1.82, 2.24) is 15.5 Å². The minimum absolute atomic E-state index is 0.0715. The summed E-state index contributed by atoms with van der Waals surface area (Å²) in [7, 11) is 2.90. The van der Waals surface area contributed by atoms with Gasteiger partial charge in [0.1, 0.15) is 5.76 Å². The van der Waals surface area contributed by atoms with Crippen LogP contribution in [0.1, 0.15) is 28.1 Å². The van der Waals surface area contributed by atoms with Crippen LogP contribution in [0.2, 0.25) is 0 Å². The number of nitrogens with zero attached hydrogens (tertiary/aromatic N) is 3. The highest BCUT2D eigenvalue weighted by Gasteiger charge is 2.25. The SMILES string of the molecule is CNC(=O)N1CCc2cc(OC(F)F)c(OC)cc2C(c2ccc(-c3c(C)noc3C)cc2)=N1. The molecule has 2 aromatic carbocycles. The first-order valence-electron chi connectivity index (χ1n) is 10.6. The number of hydrogen-bond acceptors (Lipinski definition) is 6. The highest BCUT2D eigenvalue weighted by molar-refractivity contribution is 6.14. The van der Waals surface area contributed by atoms with Gasteiger partial charge in [0.05, 0.1) is 25.1 Å². The number of benzene rings is 2. The van der Waals surface area contributed by atoms with Crippen molar-refractivity contribution in [3.8, 4) is 22.6 Å². The molecule has 1 N–H and O–H groups in total. The van der Waals surface area contributed by atoms with E-state index in [1.54, 1.807) is 6.07 Å². The van der Waals surface area contributed by atoms with Gasteiger partial charge in [0.15, 0.2) is 11.5 Å². The molecule has 0 spiro atoms. The van der Waals surface area contributed by atoms with Crippen molar-refractivity contribution in [2.24, 2.45) is 5.10 Å². The van der Waals surface area contributed by atoms with Gasteiger partial charge in [0, 0.05) is 23.7 Å². The second kappa shape index (κ2) is 9.50. The third kappa shape index (κ3) is 4.43. The van der Waals surface area contributed by atoms with Gasteiger partial charge in [-0.1, -0.05) is 29.4 Å². The Labute approximate surface area is 195 Å². The lowest BCUT2D eigenvalue weighted by molar-refractivity contribution is -0.0512. The number of hydrogen-bond donors (Lipinski definition) is 1. The van der Waals surface area contributed by atoms with Crippen molar-refractivity contribution in [2.45, 2.75) is 26.9 Å². The summed E-state index contributed by atoms with van der Waals surface area (Å²) >= 11 is 0. The number of halogens is 2. The summed E-state index contributed by atoms with van der Waals surface area (Å²) in [6.45, 7) is 0.984. The molecule has 2 amide bonds. The molecule has 178 valence electrons. The third-order valence-electron chi connectivity index (χ3n) is 5.60. The summed E-state index contributed by atoms with van der Waals surface area (Å²) in [5, 5.41) is 12.5. The minimum Gasteiger partial charge on any atom is -0.493 e. The summed E-state index contributed by atoms with van der Waals surface area (Å²) in [6, 6.07) is 10.4. The molecule has 0 radical (unpaired) electrons. The Hall–Kier alpha value is -3.95. The van der Waals surface area contributed by atoms with Crippen molar-refractivity contribution in [1.29, 1.82) is 0 Å². The maximum Gasteiger partial charge on any atom is 0.387 e. The fraction of sp³-hybridized carbons (Fsp3) is 0.292. The molecule has 4 rings (SSSR count). The van der Waals surface area contributed by atoms with Gasteiger partial charge in [-0.05, 0) is 43.5 Å². The van der Waals surface area contributed by atoms with E-state index < -0.39 is 6.61 Å². The molecule has 3 aromatic rings. The van der Waals surface area contributed by atoms with Crippen molar-refractivity contribution >= 4 is 11.7 Å². The second-order valence-corrected chi connectivity index (χ2v) is 7.69. The topological polar surface area (TPSA) is 89.2 Å². The summed E-state index contributed by atoms with van der Waals surface area (Å²) in [6.07, 6.45) is 0.385. The lowest BCUT2D eigenvalue weighted by Gasteiger charge is -2.16. The van der Waals surface area contributed by atoms with Crippen molar-refractivity contribution in [2.75, 3.05) is 20.7 Å². The lowest BCUT2D eigenvalue weighted by atomic mass is 9.94. The summed E-state index contributed by atoms with van der Waals surface area (Å²) in [5.41, 5.74) is 5.23. The Morgan fingerprint density at radius 2 is 1.85 bits per heavy atom. The third-order valence-corrected chi connectivity index (χ3v) is 5.60. The van der Waals surface area contributed by atoms with Gasteiger partial charge in [0.25, 0.3) is 0 Å². The van der Waals surface area contributed by atoms with Crippen LogP contribution in [0, 0.1) is 13.8 Å². The minimum atomic E-state index is -3.00. The Balaban J connectivity index is 1.83. The molecule has 8 nitrogen and oxygen atoms in total. The number of carbonyl (C=O) groups is 1. The zero-order chi connectivity index (χ0) is 24.4. The average molecular weight is 470 g/mol. The first kappa shape index (κ1) is 23.2. The van der Waals surface area contributed by atoms with Crippen LogP contribution in [0.25, 0.3) is 11.1 Å². The predicted molar refractivity (Wildman–Crippen MR) is 122 cm³/mol.